The number of ether oxygens (including phenoxy) is 1. The van der Waals surface area contributed by atoms with Crippen LogP contribution < -0.4 is 5.32 Å². The lowest BCUT2D eigenvalue weighted by Gasteiger charge is -2.47. The molecule has 5 aliphatic rings. The van der Waals surface area contributed by atoms with Crippen LogP contribution in [-0.4, -0.2) is 81.2 Å². The van der Waals surface area contributed by atoms with Crippen LogP contribution in [0.25, 0.3) is 10.9 Å². The second kappa shape index (κ2) is 9.48. The molecule has 0 spiro atoms. The van der Waals surface area contributed by atoms with Gasteiger partial charge in [-0.25, -0.2) is 0 Å². The van der Waals surface area contributed by atoms with Crippen molar-refractivity contribution in [2.75, 3.05) is 20.1 Å². The van der Waals surface area contributed by atoms with E-state index < -0.39 is 35.2 Å². The molecule has 9 nitrogen and oxygen atoms in total. The molecule has 1 aliphatic carbocycles. The van der Waals surface area contributed by atoms with E-state index in [0.717, 1.165) is 23.9 Å². The summed E-state index contributed by atoms with van der Waals surface area (Å²) in [7, 11) is 2.07. The summed E-state index contributed by atoms with van der Waals surface area (Å²) >= 11 is 0. The number of aliphatic hydroxyl groups is 1. The number of benzene rings is 2. The number of carbonyl (C=O) groups is 3. The SMILES string of the molecule is CN1C[C@H](C(=O)N[C@@]2(C)O[C@]3(O)C(C2=O)[C@@H](Cc2ccccc2)C(=O)N2CCC[C@H]23)CC2c3cccc4[nH]cc(c34)C[C@H]21. The summed E-state index contributed by atoms with van der Waals surface area (Å²) in [6.45, 7) is 2.64. The molecule has 4 aliphatic heterocycles. The molecule has 0 bridgehead atoms. The molecule has 4 saturated heterocycles. The predicted octanol–water partition coefficient (Wildman–Crippen LogP) is 2.73. The van der Waals surface area contributed by atoms with E-state index in [1.807, 2.05) is 30.3 Å². The van der Waals surface area contributed by atoms with Crippen molar-refractivity contribution in [1.29, 1.82) is 0 Å². The van der Waals surface area contributed by atoms with Crippen molar-refractivity contribution in [3.8, 4) is 0 Å². The highest BCUT2D eigenvalue weighted by Crippen LogP contribution is 2.52. The first-order valence-electron chi connectivity index (χ1n) is 15.6. The van der Waals surface area contributed by atoms with E-state index in [4.69, 9.17) is 4.74 Å². The van der Waals surface area contributed by atoms with E-state index in [1.54, 1.807) is 11.8 Å². The molecule has 3 aromatic rings. The summed E-state index contributed by atoms with van der Waals surface area (Å²) in [6.07, 6.45) is 5.29. The van der Waals surface area contributed by atoms with E-state index in [-0.39, 0.29) is 23.7 Å². The minimum atomic E-state index is -1.86. The average molecular weight is 583 g/mol. The third-order valence-electron chi connectivity index (χ3n) is 11.1. The number of likely N-dealkylation sites (tertiary alicyclic amines) is 1. The Bertz CT molecular complexity index is 1640. The van der Waals surface area contributed by atoms with Gasteiger partial charge in [0.2, 0.25) is 17.5 Å². The van der Waals surface area contributed by atoms with Crippen LogP contribution in [0.4, 0.5) is 0 Å². The van der Waals surface area contributed by atoms with Gasteiger partial charge < -0.3 is 29.9 Å². The number of carbonyl (C=O) groups excluding carboxylic acids is 3. The van der Waals surface area contributed by atoms with Crippen LogP contribution in [0.15, 0.2) is 54.7 Å². The molecule has 4 fully saturated rings. The summed E-state index contributed by atoms with van der Waals surface area (Å²) in [5.74, 6) is -4.68. The van der Waals surface area contributed by atoms with Crippen molar-refractivity contribution in [1.82, 2.24) is 20.1 Å². The number of aromatic amines is 1. The van der Waals surface area contributed by atoms with E-state index in [1.165, 1.54) is 16.5 Å². The molecule has 224 valence electrons. The van der Waals surface area contributed by atoms with Crippen molar-refractivity contribution in [2.24, 2.45) is 17.8 Å². The lowest BCUT2D eigenvalue weighted by Crippen LogP contribution is -2.64. The zero-order valence-corrected chi connectivity index (χ0v) is 24.6. The van der Waals surface area contributed by atoms with Gasteiger partial charge in [0, 0.05) is 42.1 Å². The van der Waals surface area contributed by atoms with Gasteiger partial charge in [0.15, 0.2) is 11.6 Å². The van der Waals surface area contributed by atoms with E-state index >= 15 is 0 Å². The highest BCUT2D eigenvalue weighted by Gasteiger charge is 2.71. The number of Topliss-reactive ketones (excluding diaryl/α,β-unsaturated/α-hetero) is 1. The summed E-state index contributed by atoms with van der Waals surface area (Å²) in [6, 6.07) is 15.6. The van der Waals surface area contributed by atoms with Crippen LogP contribution in [0.5, 0.6) is 0 Å². The van der Waals surface area contributed by atoms with Gasteiger partial charge in [-0.2, -0.15) is 0 Å². The van der Waals surface area contributed by atoms with Crippen LogP contribution >= 0.6 is 0 Å². The van der Waals surface area contributed by atoms with Gasteiger partial charge in [-0.05, 0) is 68.8 Å². The van der Waals surface area contributed by atoms with E-state index in [0.29, 0.717) is 38.4 Å². The Hall–Kier alpha value is -3.53. The number of piperidine rings is 2. The fraction of sp³-hybridized carbons (Fsp3) is 0.500. The standard InChI is InChI=1S/C34H38N4O5/c1-33(36-31(40)21-15-23-22-10-6-11-25-28(22)20(17-35-25)16-26(23)37(2)18-21)30(39)29-24(14-19-8-4-3-5-9-19)32(41)38-13-7-12-27(38)34(29,42)43-33/h3-6,8-11,17,21,23-24,26-27,29,35,42H,7,12-16,18H2,1-2H3,(H,36,40)/t21-,23?,24-,26-,27+,29?,33+,34+/m1/s1. The zero-order valence-electron chi connectivity index (χ0n) is 24.6. The van der Waals surface area contributed by atoms with Crippen molar-refractivity contribution < 1.29 is 24.2 Å². The highest BCUT2D eigenvalue weighted by molar-refractivity contribution is 6.00. The largest absolute Gasteiger partial charge is 0.363 e. The maximum atomic E-state index is 14.3. The van der Waals surface area contributed by atoms with Crippen LogP contribution in [0.3, 0.4) is 0 Å². The first-order valence-corrected chi connectivity index (χ1v) is 15.6. The molecular weight excluding hydrogens is 544 g/mol. The number of likely N-dealkylation sites (N-methyl/N-ethyl adjacent to an activating group) is 1. The highest BCUT2D eigenvalue weighted by atomic mass is 16.7. The molecule has 8 rings (SSSR count). The lowest BCUT2D eigenvalue weighted by molar-refractivity contribution is -0.281. The number of ketones is 1. The smallest absolute Gasteiger partial charge is 0.227 e. The number of hydrogen-bond acceptors (Lipinski definition) is 6. The van der Waals surface area contributed by atoms with Gasteiger partial charge in [-0.1, -0.05) is 42.5 Å². The van der Waals surface area contributed by atoms with Gasteiger partial charge in [0.1, 0.15) is 0 Å². The molecule has 2 aromatic carbocycles. The molecule has 5 heterocycles. The zero-order chi connectivity index (χ0) is 29.7. The van der Waals surface area contributed by atoms with E-state index in [2.05, 4.69) is 46.6 Å². The Kier molecular flexibility index (Phi) is 5.97. The van der Waals surface area contributed by atoms with Crippen LogP contribution in [-0.2, 0) is 32.0 Å². The Labute approximate surface area is 250 Å². The molecular formula is C34H38N4O5. The van der Waals surface area contributed by atoms with Gasteiger partial charge in [0.05, 0.1) is 23.8 Å². The summed E-state index contributed by atoms with van der Waals surface area (Å²) < 4.78 is 6.32. The Morgan fingerprint density at radius 1 is 1.16 bits per heavy atom. The average Bonchev–Trinajstić information content (AvgIpc) is 3.70. The number of hydrogen-bond donors (Lipinski definition) is 3. The quantitative estimate of drug-likeness (QED) is 0.436. The topological polar surface area (TPSA) is 115 Å². The predicted molar refractivity (Wildman–Crippen MR) is 159 cm³/mol. The van der Waals surface area contributed by atoms with Crippen LogP contribution in [0.1, 0.15) is 48.8 Å². The first-order chi connectivity index (χ1) is 20.7. The molecule has 2 amide bonds. The van der Waals surface area contributed by atoms with Crippen molar-refractivity contribution in [3.05, 3.63) is 71.4 Å². The minimum absolute atomic E-state index is 0.121. The molecule has 2 unspecified atom stereocenters. The Morgan fingerprint density at radius 2 is 1.98 bits per heavy atom. The number of fused-ring (bicyclic) bond motifs is 5. The third kappa shape index (κ3) is 3.90. The maximum Gasteiger partial charge on any atom is 0.227 e. The second-order valence-electron chi connectivity index (χ2n) is 13.5. The first kappa shape index (κ1) is 27.0. The molecule has 9 heteroatoms. The molecule has 3 N–H and O–H groups in total. The van der Waals surface area contributed by atoms with Gasteiger partial charge in [0.25, 0.3) is 0 Å². The van der Waals surface area contributed by atoms with Crippen molar-refractivity contribution >= 4 is 28.5 Å². The number of nitrogens with one attached hydrogen (secondary N) is 2. The summed E-state index contributed by atoms with van der Waals surface area (Å²) in [5, 5.41) is 16.4. The fourth-order valence-electron chi connectivity index (χ4n) is 9.12. The summed E-state index contributed by atoms with van der Waals surface area (Å²) in [4.78, 5) is 49.4. The molecule has 1 aromatic heterocycles. The van der Waals surface area contributed by atoms with Gasteiger partial charge in [-0.3, -0.25) is 14.4 Å². The number of H-pyrrole nitrogens is 1. The Morgan fingerprint density at radius 3 is 2.79 bits per heavy atom. The van der Waals surface area contributed by atoms with Crippen LogP contribution in [0.2, 0.25) is 0 Å². The molecule has 0 saturated carbocycles. The normalized spacial score (nSPS) is 36.9. The Balaban J connectivity index is 1.08. The monoisotopic (exact) mass is 582 g/mol. The number of amides is 2. The number of aromatic nitrogens is 1. The summed E-state index contributed by atoms with van der Waals surface area (Å²) in [5.41, 5.74) is 2.88. The second-order valence-corrected chi connectivity index (χ2v) is 13.5. The van der Waals surface area contributed by atoms with Gasteiger partial charge >= 0.3 is 0 Å². The fourth-order valence-corrected chi connectivity index (χ4v) is 9.12. The molecule has 0 radical (unpaired) electrons. The molecule has 8 atom stereocenters. The molecule has 43 heavy (non-hydrogen) atoms. The maximum absolute atomic E-state index is 14.3. The van der Waals surface area contributed by atoms with Crippen molar-refractivity contribution in [2.45, 2.75) is 68.5 Å². The van der Waals surface area contributed by atoms with Crippen molar-refractivity contribution in [3.63, 3.8) is 0 Å². The number of nitrogens with zero attached hydrogens (tertiary/aromatic N) is 2. The van der Waals surface area contributed by atoms with Gasteiger partial charge in [-0.15, -0.1) is 0 Å². The van der Waals surface area contributed by atoms with Crippen LogP contribution in [0, 0.1) is 17.8 Å². The third-order valence-corrected chi connectivity index (χ3v) is 11.1. The van der Waals surface area contributed by atoms with E-state index in [9.17, 15) is 19.5 Å². The minimum Gasteiger partial charge on any atom is -0.363 e. The lowest BCUT2D eigenvalue weighted by atomic mass is 9.71. The number of rotatable bonds is 4.